The largest absolute Gasteiger partial charge is 0.495 e. The van der Waals surface area contributed by atoms with Crippen molar-refractivity contribution in [1.82, 2.24) is 0 Å². The van der Waals surface area contributed by atoms with Gasteiger partial charge in [0.25, 0.3) is 5.91 Å². The van der Waals surface area contributed by atoms with Crippen molar-refractivity contribution < 1.29 is 23.5 Å². The summed E-state index contributed by atoms with van der Waals surface area (Å²) in [6, 6.07) is 16.9. The molecule has 8 heteroatoms. The summed E-state index contributed by atoms with van der Waals surface area (Å²) in [5, 5.41) is 12.9. The Kier molecular flexibility index (Phi) is 6.04. The zero-order valence-corrected chi connectivity index (χ0v) is 17.8. The van der Waals surface area contributed by atoms with Crippen molar-refractivity contribution in [2.24, 2.45) is 0 Å². The third kappa shape index (κ3) is 4.46. The van der Waals surface area contributed by atoms with Gasteiger partial charge >= 0.3 is 0 Å². The van der Waals surface area contributed by atoms with Crippen molar-refractivity contribution in [3.63, 3.8) is 0 Å². The summed E-state index contributed by atoms with van der Waals surface area (Å²) in [5.41, 5.74) is 1.78. The van der Waals surface area contributed by atoms with Crippen LogP contribution in [0.1, 0.15) is 16.3 Å². The summed E-state index contributed by atoms with van der Waals surface area (Å²) in [6.07, 6.45) is 0. The number of rotatable bonds is 6. The molecule has 0 spiro atoms. The first-order chi connectivity index (χ1) is 15.0. The van der Waals surface area contributed by atoms with E-state index >= 15 is 0 Å². The maximum atomic E-state index is 12.8. The summed E-state index contributed by atoms with van der Waals surface area (Å²) in [7, 11) is 1.51. The number of benzene rings is 2. The van der Waals surface area contributed by atoms with Crippen molar-refractivity contribution in [2.75, 3.05) is 12.4 Å². The Morgan fingerprint density at radius 2 is 1.81 bits per heavy atom. The first-order valence-corrected chi connectivity index (χ1v) is 9.98. The minimum Gasteiger partial charge on any atom is -0.495 e. The number of aliphatic hydroxyl groups is 1. The van der Waals surface area contributed by atoms with Crippen molar-refractivity contribution in [3.05, 3.63) is 82.2 Å². The molecule has 4 rings (SSSR count). The van der Waals surface area contributed by atoms with E-state index in [0.29, 0.717) is 49.9 Å². The number of carbonyl (C=O) groups is 1. The first kappa shape index (κ1) is 21.1. The number of hydrogen-bond donors (Lipinski definition) is 2. The number of methoxy groups -OCH3 is 1. The number of halogens is 2. The Bertz CT molecular complexity index is 1240. The normalized spacial score (nSPS) is 10.8. The van der Waals surface area contributed by atoms with Gasteiger partial charge in [0.2, 0.25) is 0 Å². The summed E-state index contributed by atoms with van der Waals surface area (Å²) in [4.78, 5) is 12.8. The molecular formula is C23H17Cl2NO5. The molecule has 2 N–H and O–H groups in total. The quantitative estimate of drug-likeness (QED) is 0.356. The molecule has 4 aromatic rings. The molecular weight excluding hydrogens is 441 g/mol. The Morgan fingerprint density at radius 3 is 2.52 bits per heavy atom. The maximum Gasteiger partial charge on any atom is 0.291 e. The summed E-state index contributed by atoms with van der Waals surface area (Å²) >= 11 is 12.2. The van der Waals surface area contributed by atoms with Crippen molar-refractivity contribution in [1.29, 1.82) is 0 Å². The standard InChI is InChI=1S/C23H17Cl2NO5/c1-29-21-6-2-13(19-7-4-15(12-27)30-19)10-18(21)26-23(28)22-9-8-20(31-22)16-5-3-14(24)11-17(16)25/h2-11,27H,12H2,1H3,(H,26,28). The molecule has 0 atom stereocenters. The molecule has 0 unspecified atom stereocenters. The predicted molar refractivity (Wildman–Crippen MR) is 119 cm³/mol. The van der Waals surface area contributed by atoms with Crippen LogP contribution in [0.5, 0.6) is 5.75 Å². The zero-order chi connectivity index (χ0) is 22.0. The smallest absolute Gasteiger partial charge is 0.291 e. The molecule has 31 heavy (non-hydrogen) atoms. The highest BCUT2D eigenvalue weighted by Gasteiger charge is 2.17. The molecule has 6 nitrogen and oxygen atoms in total. The van der Waals surface area contributed by atoms with E-state index in [1.165, 1.54) is 7.11 Å². The van der Waals surface area contributed by atoms with Crippen LogP contribution in [0.3, 0.4) is 0 Å². The van der Waals surface area contributed by atoms with Crippen LogP contribution in [0, 0.1) is 0 Å². The van der Waals surface area contributed by atoms with Gasteiger partial charge in [0.05, 0.1) is 17.8 Å². The van der Waals surface area contributed by atoms with Crippen LogP contribution in [0.4, 0.5) is 5.69 Å². The van der Waals surface area contributed by atoms with Crippen molar-refractivity contribution in [3.8, 4) is 28.4 Å². The van der Waals surface area contributed by atoms with E-state index < -0.39 is 5.91 Å². The third-order valence-electron chi connectivity index (χ3n) is 4.58. The van der Waals surface area contributed by atoms with E-state index in [0.717, 1.165) is 0 Å². The fourth-order valence-electron chi connectivity index (χ4n) is 3.05. The van der Waals surface area contributed by atoms with Crippen molar-refractivity contribution in [2.45, 2.75) is 6.61 Å². The second-order valence-electron chi connectivity index (χ2n) is 6.58. The summed E-state index contributed by atoms with van der Waals surface area (Å²) in [6.45, 7) is -0.196. The van der Waals surface area contributed by atoms with Gasteiger partial charge in [0.15, 0.2) is 5.76 Å². The summed E-state index contributed by atoms with van der Waals surface area (Å²) < 4.78 is 16.6. The highest BCUT2D eigenvalue weighted by Crippen LogP contribution is 2.34. The van der Waals surface area contributed by atoms with Crippen LogP contribution in [-0.2, 0) is 6.61 Å². The molecule has 0 saturated carbocycles. The average molecular weight is 458 g/mol. The van der Waals surface area contributed by atoms with Crippen LogP contribution in [0.15, 0.2) is 69.5 Å². The Balaban J connectivity index is 1.59. The molecule has 158 valence electrons. The molecule has 2 heterocycles. The predicted octanol–water partition coefficient (Wildman–Crippen LogP) is 6.27. The van der Waals surface area contributed by atoms with Crippen LogP contribution >= 0.6 is 23.2 Å². The van der Waals surface area contributed by atoms with Crippen LogP contribution < -0.4 is 10.1 Å². The molecule has 0 bridgehead atoms. The van der Waals surface area contributed by atoms with Gasteiger partial charge < -0.3 is 24.0 Å². The number of anilines is 1. The second-order valence-corrected chi connectivity index (χ2v) is 7.42. The van der Waals surface area contributed by atoms with Crippen molar-refractivity contribution >= 4 is 34.8 Å². The van der Waals surface area contributed by atoms with Gasteiger partial charge in [-0.05, 0) is 60.7 Å². The first-order valence-electron chi connectivity index (χ1n) is 9.23. The van der Waals surface area contributed by atoms with Gasteiger partial charge in [-0.3, -0.25) is 4.79 Å². The molecule has 0 fully saturated rings. The third-order valence-corrected chi connectivity index (χ3v) is 5.12. The number of furan rings is 2. The fraction of sp³-hybridized carbons (Fsp3) is 0.0870. The Morgan fingerprint density at radius 1 is 1.00 bits per heavy atom. The second kappa shape index (κ2) is 8.89. The van der Waals surface area contributed by atoms with Gasteiger partial charge in [-0.25, -0.2) is 0 Å². The lowest BCUT2D eigenvalue weighted by Gasteiger charge is -2.11. The SMILES string of the molecule is COc1ccc(-c2ccc(CO)o2)cc1NC(=O)c1ccc(-c2ccc(Cl)cc2Cl)o1. The molecule has 0 aliphatic heterocycles. The lowest BCUT2D eigenvalue weighted by Crippen LogP contribution is -2.11. The maximum absolute atomic E-state index is 12.8. The molecule has 0 saturated heterocycles. The minimum atomic E-state index is -0.456. The van der Waals surface area contributed by atoms with E-state index in [-0.39, 0.29) is 12.4 Å². The molecule has 1 amide bonds. The number of ether oxygens (including phenoxy) is 1. The van der Waals surface area contributed by atoms with E-state index in [1.807, 2.05) is 0 Å². The van der Waals surface area contributed by atoms with Gasteiger partial charge in [-0.2, -0.15) is 0 Å². The van der Waals surface area contributed by atoms with E-state index in [4.69, 9.17) is 36.8 Å². The number of nitrogens with one attached hydrogen (secondary N) is 1. The van der Waals surface area contributed by atoms with Gasteiger partial charge in [0, 0.05) is 16.1 Å². The molecule has 2 aromatic heterocycles. The van der Waals surface area contributed by atoms with Crippen LogP contribution in [0.25, 0.3) is 22.6 Å². The highest BCUT2D eigenvalue weighted by atomic mass is 35.5. The summed E-state index contributed by atoms with van der Waals surface area (Å²) in [5.74, 6) is 1.56. The van der Waals surface area contributed by atoms with Gasteiger partial charge in [-0.1, -0.05) is 23.2 Å². The molecule has 0 aliphatic carbocycles. The van der Waals surface area contributed by atoms with Crippen LogP contribution in [-0.4, -0.2) is 18.1 Å². The topological polar surface area (TPSA) is 84.8 Å². The van der Waals surface area contributed by atoms with Crippen LogP contribution in [0.2, 0.25) is 10.0 Å². The van der Waals surface area contributed by atoms with E-state index in [2.05, 4.69) is 5.32 Å². The molecule has 0 aliphatic rings. The highest BCUT2D eigenvalue weighted by molar-refractivity contribution is 6.36. The number of aliphatic hydroxyl groups excluding tert-OH is 1. The lowest BCUT2D eigenvalue weighted by molar-refractivity contribution is 0.0997. The minimum absolute atomic E-state index is 0.106. The monoisotopic (exact) mass is 457 g/mol. The number of hydrogen-bond acceptors (Lipinski definition) is 5. The fourth-order valence-corrected chi connectivity index (χ4v) is 3.56. The number of amides is 1. The number of carbonyl (C=O) groups excluding carboxylic acids is 1. The lowest BCUT2D eigenvalue weighted by atomic mass is 10.1. The molecule has 0 radical (unpaired) electrons. The molecule has 2 aromatic carbocycles. The van der Waals surface area contributed by atoms with Gasteiger partial charge in [-0.15, -0.1) is 0 Å². The van der Waals surface area contributed by atoms with E-state index in [9.17, 15) is 9.90 Å². The Hall–Kier alpha value is -3.19. The Labute approximate surface area is 188 Å². The zero-order valence-electron chi connectivity index (χ0n) is 16.3. The van der Waals surface area contributed by atoms with Gasteiger partial charge in [0.1, 0.15) is 29.6 Å². The van der Waals surface area contributed by atoms with E-state index in [1.54, 1.807) is 60.7 Å². The average Bonchev–Trinajstić information content (AvgIpc) is 3.44.